The first-order valence-corrected chi connectivity index (χ1v) is 12.3. The molecule has 1 heterocycles. The molecule has 0 saturated heterocycles. The Morgan fingerprint density at radius 1 is 0.645 bits per heavy atom. The van der Waals surface area contributed by atoms with Gasteiger partial charge in [0.05, 0.1) is 13.2 Å². The number of hydrogen-bond acceptors (Lipinski definition) is 3. The molecule has 4 heteroatoms. The zero-order valence-electron chi connectivity index (χ0n) is 19.5. The van der Waals surface area contributed by atoms with Gasteiger partial charge < -0.3 is 9.47 Å². The molecule has 0 N–H and O–H groups in total. The van der Waals surface area contributed by atoms with E-state index < -0.39 is 5.95 Å². The maximum atomic E-state index is 14.5. The number of nitrogens with zero attached hydrogens (tertiary/aromatic N) is 1. The molecular weight excluding hydrogens is 389 g/mol. The topological polar surface area (TPSA) is 31.4 Å². The summed E-state index contributed by atoms with van der Waals surface area (Å²) >= 11 is 0. The Balaban J connectivity index is 1.73. The minimum Gasteiger partial charge on any atom is -0.494 e. The van der Waals surface area contributed by atoms with Crippen LogP contribution in [0.25, 0.3) is 11.1 Å². The third-order valence-electron chi connectivity index (χ3n) is 5.50. The highest BCUT2D eigenvalue weighted by atomic mass is 19.1. The Kier molecular flexibility index (Phi) is 12.7. The summed E-state index contributed by atoms with van der Waals surface area (Å²) in [6, 6.07) is 11.0. The van der Waals surface area contributed by atoms with Crippen molar-refractivity contribution in [2.24, 2.45) is 0 Å². The van der Waals surface area contributed by atoms with E-state index in [9.17, 15) is 4.39 Å². The van der Waals surface area contributed by atoms with E-state index in [1.807, 2.05) is 24.3 Å². The minimum atomic E-state index is -0.499. The first-order chi connectivity index (χ1) is 15.2. The quantitative estimate of drug-likeness (QED) is 0.187. The maximum absolute atomic E-state index is 14.5. The SMILES string of the molecule is CCCCCCCCOc1ccc(-c2ccc(OCCCCCCCC)nc2F)cc1. The highest BCUT2D eigenvalue weighted by Crippen LogP contribution is 2.26. The average Bonchev–Trinajstić information content (AvgIpc) is 2.78. The van der Waals surface area contributed by atoms with Crippen LogP contribution in [0.1, 0.15) is 90.9 Å². The van der Waals surface area contributed by atoms with Crippen molar-refractivity contribution >= 4 is 0 Å². The van der Waals surface area contributed by atoms with Crippen LogP contribution in [0.3, 0.4) is 0 Å². The van der Waals surface area contributed by atoms with Crippen LogP contribution in [-0.2, 0) is 0 Å². The summed E-state index contributed by atoms with van der Waals surface area (Å²) in [5, 5.41) is 0. The summed E-state index contributed by atoms with van der Waals surface area (Å²) in [6.07, 6.45) is 14.7. The van der Waals surface area contributed by atoms with Crippen LogP contribution in [0, 0.1) is 5.95 Å². The van der Waals surface area contributed by atoms with Crippen molar-refractivity contribution in [3.63, 3.8) is 0 Å². The molecule has 0 radical (unpaired) electrons. The molecule has 0 fully saturated rings. The van der Waals surface area contributed by atoms with Crippen molar-refractivity contribution in [2.45, 2.75) is 90.9 Å². The van der Waals surface area contributed by atoms with E-state index >= 15 is 0 Å². The van der Waals surface area contributed by atoms with Crippen molar-refractivity contribution in [3.8, 4) is 22.8 Å². The van der Waals surface area contributed by atoms with Gasteiger partial charge >= 0.3 is 0 Å². The number of rotatable bonds is 17. The molecule has 2 rings (SSSR count). The highest BCUT2D eigenvalue weighted by Gasteiger charge is 2.09. The molecule has 3 nitrogen and oxygen atoms in total. The summed E-state index contributed by atoms with van der Waals surface area (Å²) in [5.74, 6) is 0.680. The number of hydrogen-bond donors (Lipinski definition) is 0. The summed E-state index contributed by atoms with van der Waals surface area (Å²) in [4.78, 5) is 3.99. The smallest absolute Gasteiger partial charge is 0.224 e. The molecule has 1 aromatic heterocycles. The molecule has 0 aliphatic carbocycles. The molecule has 0 aliphatic heterocycles. The molecule has 1 aromatic carbocycles. The summed E-state index contributed by atoms with van der Waals surface area (Å²) in [7, 11) is 0. The van der Waals surface area contributed by atoms with Crippen LogP contribution >= 0.6 is 0 Å². The third kappa shape index (κ3) is 10.2. The second-order valence-electron chi connectivity index (χ2n) is 8.24. The fraction of sp³-hybridized carbons (Fsp3) is 0.593. The maximum Gasteiger partial charge on any atom is 0.224 e. The summed E-state index contributed by atoms with van der Waals surface area (Å²) in [5.41, 5.74) is 1.27. The third-order valence-corrected chi connectivity index (χ3v) is 5.50. The largest absolute Gasteiger partial charge is 0.494 e. The fourth-order valence-electron chi connectivity index (χ4n) is 3.58. The normalized spacial score (nSPS) is 10.9. The Morgan fingerprint density at radius 3 is 1.77 bits per heavy atom. The number of pyridine rings is 1. The van der Waals surface area contributed by atoms with Gasteiger partial charge in [0, 0.05) is 11.6 Å². The van der Waals surface area contributed by atoms with Gasteiger partial charge in [-0.25, -0.2) is 0 Å². The van der Waals surface area contributed by atoms with E-state index in [0.717, 1.165) is 37.2 Å². The second-order valence-corrected chi connectivity index (χ2v) is 8.24. The Morgan fingerprint density at radius 2 is 1.19 bits per heavy atom. The Labute approximate surface area is 188 Å². The first kappa shape index (κ1) is 25.2. The number of unbranched alkanes of at least 4 members (excludes halogenated alkanes) is 10. The van der Waals surface area contributed by atoms with Crippen molar-refractivity contribution in [1.82, 2.24) is 4.98 Å². The van der Waals surface area contributed by atoms with Crippen molar-refractivity contribution in [1.29, 1.82) is 0 Å². The molecule has 0 spiro atoms. The molecule has 0 bridgehead atoms. The lowest BCUT2D eigenvalue weighted by Gasteiger charge is -2.09. The van der Waals surface area contributed by atoms with E-state index in [1.165, 1.54) is 57.8 Å². The number of benzene rings is 1. The van der Waals surface area contributed by atoms with Crippen molar-refractivity contribution < 1.29 is 13.9 Å². The predicted molar refractivity (Wildman–Crippen MR) is 127 cm³/mol. The van der Waals surface area contributed by atoms with Gasteiger partial charge in [-0.15, -0.1) is 0 Å². The van der Waals surface area contributed by atoms with Crippen LogP contribution < -0.4 is 9.47 Å². The lowest BCUT2D eigenvalue weighted by molar-refractivity contribution is 0.289. The van der Waals surface area contributed by atoms with Gasteiger partial charge in [-0.05, 0) is 36.6 Å². The first-order valence-electron chi connectivity index (χ1n) is 12.3. The predicted octanol–water partition coefficient (Wildman–Crippen LogP) is 8.37. The molecule has 2 aromatic rings. The zero-order valence-corrected chi connectivity index (χ0v) is 19.5. The molecule has 0 unspecified atom stereocenters. The molecule has 0 amide bonds. The van der Waals surface area contributed by atoms with Gasteiger partial charge in [-0.1, -0.05) is 90.2 Å². The van der Waals surface area contributed by atoms with E-state index in [-0.39, 0.29) is 0 Å². The van der Waals surface area contributed by atoms with Crippen LogP contribution in [0.2, 0.25) is 0 Å². The van der Waals surface area contributed by atoms with Crippen LogP contribution in [-0.4, -0.2) is 18.2 Å². The van der Waals surface area contributed by atoms with Crippen molar-refractivity contribution in [3.05, 3.63) is 42.3 Å². The monoisotopic (exact) mass is 429 g/mol. The van der Waals surface area contributed by atoms with E-state index in [4.69, 9.17) is 9.47 Å². The molecule has 0 aliphatic rings. The molecule has 0 atom stereocenters. The summed E-state index contributed by atoms with van der Waals surface area (Å²) in [6.45, 7) is 5.76. The molecule has 31 heavy (non-hydrogen) atoms. The number of aromatic nitrogens is 1. The average molecular weight is 430 g/mol. The summed E-state index contributed by atoms with van der Waals surface area (Å²) < 4.78 is 25.9. The van der Waals surface area contributed by atoms with Gasteiger partial charge in [0.25, 0.3) is 0 Å². The number of ether oxygens (including phenoxy) is 2. The fourth-order valence-corrected chi connectivity index (χ4v) is 3.58. The highest BCUT2D eigenvalue weighted by molar-refractivity contribution is 5.64. The van der Waals surface area contributed by atoms with Gasteiger partial charge in [-0.2, -0.15) is 9.37 Å². The minimum absolute atomic E-state index is 0.355. The van der Waals surface area contributed by atoms with Crippen LogP contribution in [0.15, 0.2) is 36.4 Å². The molecular formula is C27H40FNO2. The van der Waals surface area contributed by atoms with Gasteiger partial charge in [0.15, 0.2) is 0 Å². The zero-order chi connectivity index (χ0) is 22.2. The van der Waals surface area contributed by atoms with E-state index in [1.54, 1.807) is 12.1 Å². The van der Waals surface area contributed by atoms with Crippen molar-refractivity contribution in [2.75, 3.05) is 13.2 Å². The Bertz CT molecular complexity index is 718. The van der Waals surface area contributed by atoms with Crippen LogP contribution in [0.5, 0.6) is 11.6 Å². The van der Waals surface area contributed by atoms with Gasteiger partial charge in [0.1, 0.15) is 5.75 Å². The van der Waals surface area contributed by atoms with E-state index in [2.05, 4.69) is 18.8 Å². The lowest BCUT2D eigenvalue weighted by Crippen LogP contribution is -2.01. The lowest BCUT2D eigenvalue weighted by atomic mass is 10.1. The van der Waals surface area contributed by atoms with Gasteiger partial charge in [-0.3, -0.25) is 0 Å². The van der Waals surface area contributed by atoms with E-state index in [0.29, 0.717) is 18.1 Å². The molecule has 172 valence electrons. The van der Waals surface area contributed by atoms with Crippen LogP contribution in [0.4, 0.5) is 4.39 Å². The standard InChI is InChI=1S/C27H40FNO2/c1-3-5-7-9-11-13-21-30-24-17-15-23(16-18-24)25-19-20-26(29-27(25)28)31-22-14-12-10-8-6-4-2/h15-20H,3-14,21-22H2,1-2H3. The molecule has 0 saturated carbocycles. The van der Waals surface area contributed by atoms with Gasteiger partial charge in [0.2, 0.25) is 11.8 Å². The second kappa shape index (κ2) is 15.7. The number of halogens is 1. The Hall–Kier alpha value is -2.10.